The van der Waals surface area contributed by atoms with Gasteiger partial charge < -0.3 is 20.6 Å². The Labute approximate surface area is 183 Å². The van der Waals surface area contributed by atoms with Gasteiger partial charge in [-0.1, -0.05) is 18.2 Å². The number of fused-ring (bicyclic) bond motifs is 1. The van der Waals surface area contributed by atoms with Crippen LogP contribution in [0.1, 0.15) is 30.2 Å². The van der Waals surface area contributed by atoms with Crippen LogP contribution < -0.4 is 10.6 Å². The first-order valence-electron chi connectivity index (χ1n) is 9.45. The van der Waals surface area contributed by atoms with Crippen LogP contribution in [0.2, 0.25) is 0 Å². The van der Waals surface area contributed by atoms with Crippen LogP contribution in [-0.4, -0.2) is 56.2 Å². The summed E-state index contributed by atoms with van der Waals surface area (Å²) in [4.78, 5) is 7.66. The Kier molecular flexibility index (Phi) is 9.28. The van der Waals surface area contributed by atoms with E-state index in [2.05, 4.69) is 45.8 Å². The number of halogens is 1. The molecule has 27 heavy (non-hydrogen) atoms. The Morgan fingerprint density at radius 2 is 2.04 bits per heavy atom. The summed E-state index contributed by atoms with van der Waals surface area (Å²) < 4.78 is 1.21. The van der Waals surface area contributed by atoms with Gasteiger partial charge in [0.1, 0.15) is 6.10 Å². The number of aliphatic hydroxyl groups is 1. The van der Waals surface area contributed by atoms with E-state index in [-0.39, 0.29) is 24.0 Å². The quantitative estimate of drug-likeness (QED) is 0.322. The van der Waals surface area contributed by atoms with Crippen molar-refractivity contribution in [2.45, 2.75) is 25.4 Å². The molecule has 3 N–H and O–H groups in total. The van der Waals surface area contributed by atoms with E-state index >= 15 is 0 Å². The van der Waals surface area contributed by atoms with E-state index in [0.29, 0.717) is 6.54 Å². The first-order valence-corrected chi connectivity index (χ1v) is 10.3. The lowest BCUT2D eigenvalue weighted by molar-refractivity contribution is 0.184. The summed E-state index contributed by atoms with van der Waals surface area (Å²) in [5.41, 5.74) is 0. The highest BCUT2D eigenvalue weighted by atomic mass is 127. The second-order valence-corrected chi connectivity index (χ2v) is 8.23. The van der Waals surface area contributed by atoms with Gasteiger partial charge in [-0.2, -0.15) is 0 Å². The average molecular weight is 502 g/mol. The maximum absolute atomic E-state index is 10.5. The van der Waals surface area contributed by atoms with Crippen LogP contribution >= 0.6 is 35.3 Å². The number of aliphatic hydroxyl groups excluding tert-OH is 1. The summed E-state index contributed by atoms with van der Waals surface area (Å²) in [6.07, 6.45) is 3.22. The fraction of sp³-hybridized carbons (Fsp3) is 0.550. The zero-order valence-corrected chi connectivity index (χ0v) is 19.3. The number of aliphatic imine (C=N–C) groups is 1. The molecule has 1 atom stereocenters. The van der Waals surface area contributed by atoms with E-state index in [4.69, 9.17) is 0 Å². The molecular weight excluding hydrogens is 471 g/mol. The van der Waals surface area contributed by atoms with Gasteiger partial charge in [0.25, 0.3) is 0 Å². The van der Waals surface area contributed by atoms with Crippen molar-refractivity contribution < 1.29 is 5.11 Å². The molecule has 5 nitrogen and oxygen atoms in total. The van der Waals surface area contributed by atoms with E-state index in [1.165, 1.54) is 42.4 Å². The number of nitrogens with zero attached hydrogens (tertiary/aromatic N) is 2. The Hall–Kier alpha value is -0.900. The molecule has 3 rings (SSSR count). The van der Waals surface area contributed by atoms with Crippen LogP contribution in [0.4, 0.5) is 0 Å². The molecular formula is C20H31IN4OS. The number of guanidine groups is 1. The number of likely N-dealkylation sites (tertiary alicyclic amines) is 1. The van der Waals surface area contributed by atoms with Crippen LogP contribution in [0.15, 0.2) is 35.3 Å². The van der Waals surface area contributed by atoms with E-state index in [9.17, 15) is 5.11 Å². The Balaban J connectivity index is 0.00000261. The number of piperidine rings is 1. The largest absolute Gasteiger partial charge is 0.386 e. The summed E-state index contributed by atoms with van der Waals surface area (Å²) in [6, 6.07) is 10.3. The van der Waals surface area contributed by atoms with Crippen molar-refractivity contribution >= 4 is 51.4 Å². The van der Waals surface area contributed by atoms with Gasteiger partial charge in [-0.05, 0) is 62.8 Å². The molecule has 0 bridgehead atoms. The molecule has 0 amide bonds. The van der Waals surface area contributed by atoms with Crippen molar-refractivity contribution in [1.82, 2.24) is 15.5 Å². The maximum atomic E-state index is 10.5. The van der Waals surface area contributed by atoms with Crippen LogP contribution in [0.3, 0.4) is 0 Å². The second-order valence-electron chi connectivity index (χ2n) is 7.12. The van der Waals surface area contributed by atoms with Crippen LogP contribution in [0, 0.1) is 5.92 Å². The van der Waals surface area contributed by atoms with Gasteiger partial charge in [0.15, 0.2) is 5.96 Å². The Bertz CT molecular complexity index is 695. The van der Waals surface area contributed by atoms with Crippen molar-refractivity contribution in [3.05, 3.63) is 35.2 Å². The molecule has 0 aliphatic carbocycles. The van der Waals surface area contributed by atoms with Gasteiger partial charge in [-0.25, -0.2) is 0 Å². The molecule has 2 aromatic rings. The molecule has 1 fully saturated rings. The van der Waals surface area contributed by atoms with Gasteiger partial charge in [0.2, 0.25) is 0 Å². The maximum Gasteiger partial charge on any atom is 0.191 e. The molecule has 1 aliphatic heterocycles. The monoisotopic (exact) mass is 502 g/mol. The molecule has 0 spiro atoms. The fourth-order valence-corrected chi connectivity index (χ4v) is 4.48. The van der Waals surface area contributed by atoms with Crippen LogP contribution in [-0.2, 0) is 0 Å². The van der Waals surface area contributed by atoms with Crippen molar-refractivity contribution in [3.63, 3.8) is 0 Å². The number of hydrogen-bond donors (Lipinski definition) is 3. The molecule has 1 unspecified atom stereocenters. The standard InChI is InChI=1S/C20H30N4OS.HI/c1-21-20(22-10-7-15-8-11-24(2)12-9-15)23-14-17(25)19-13-16-5-3-4-6-18(16)26-19;/h3-6,13,15,17,25H,7-12,14H2,1-2H3,(H2,21,22,23);1H. The minimum Gasteiger partial charge on any atom is -0.386 e. The normalized spacial score (nSPS) is 17.5. The third-order valence-corrected chi connectivity index (χ3v) is 6.36. The highest BCUT2D eigenvalue weighted by Crippen LogP contribution is 2.29. The lowest BCUT2D eigenvalue weighted by Gasteiger charge is -2.29. The molecule has 0 radical (unpaired) electrons. The SMILES string of the molecule is CN=C(NCCC1CCN(C)CC1)NCC(O)c1cc2ccccc2s1.I. The van der Waals surface area contributed by atoms with E-state index in [1.54, 1.807) is 18.4 Å². The smallest absolute Gasteiger partial charge is 0.191 e. The third-order valence-electron chi connectivity index (χ3n) is 5.14. The topological polar surface area (TPSA) is 59.9 Å². The van der Waals surface area contributed by atoms with Crippen LogP contribution in [0.25, 0.3) is 10.1 Å². The van der Waals surface area contributed by atoms with Crippen molar-refractivity contribution in [2.24, 2.45) is 10.9 Å². The summed E-state index contributed by atoms with van der Waals surface area (Å²) >= 11 is 1.65. The predicted octanol–water partition coefficient (Wildman–Crippen LogP) is 3.45. The lowest BCUT2D eigenvalue weighted by Crippen LogP contribution is -2.40. The number of benzene rings is 1. The zero-order valence-electron chi connectivity index (χ0n) is 16.1. The van der Waals surface area contributed by atoms with Crippen LogP contribution in [0.5, 0.6) is 0 Å². The number of thiophene rings is 1. The van der Waals surface area contributed by atoms with Gasteiger partial charge in [-0.15, -0.1) is 35.3 Å². The molecule has 1 saturated heterocycles. The molecule has 1 aromatic carbocycles. The van der Waals surface area contributed by atoms with Gasteiger partial charge in [0.05, 0.1) is 0 Å². The molecule has 0 saturated carbocycles. The summed E-state index contributed by atoms with van der Waals surface area (Å²) in [5, 5.41) is 18.3. The molecule has 7 heteroatoms. The van der Waals surface area contributed by atoms with Crippen molar-refractivity contribution in [1.29, 1.82) is 0 Å². The van der Waals surface area contributed by atoms with Gasteiger partial charge >= 0.3 is 0 Å². The van der Waals surface area contributed by atoms with E-state index < -0.39 is 6.10 Å². The van der Waals surface area contributed by atoms with Crippen molar-refractivity contribution in [2.75, 3.05) is 40.3 Å². The molecule has 150 valence electrons. The molecule has 1 aliphatic rings. The predicted molar refractivity (Wildman–Crippen MR) is 126 cm³/mol. The summed E-state index contributed by atoms with van der Waals surface area (Å²) in [7, 11) is 3.97. The average Bonchev–Trinajstić information content (AvgIpc) is 3.10. The lowest BCUT2D eigenvalue weighted by atomic mass is 9.94. The molecule has 2 heterocycles. The minimum absolute atomic E-state index is 0. The van der Waals surface area contributed by atoms with Crippen molar-refractivity contribution in [3.8, 4) is 0 Å². The minimum atomic E-state index is -0.528. The highest BCUT2D eigenvalue weighted by Gasteiger charge is 2.16. The number of hydrogen-bond acceptors (Lipinski definition) is 4. The number of nitrogens with one attached hydrogen (secondary N) is 2. The first kappa shape index (κ1) is 22.4. The summed E-state index contributed by atoms with van der Waals surface area (Å²) in [5.74, 6) is 1.57. The molecule has 1 aromatic heterocycles. The fourth-order valence-electron chi connectivity index (χ4n) is 3.43. The Morgan fingerprint density at radius 3 is 2.74 bits per heavy atom. The number of rotatable bonds is 6. The summed E-state index contributed by atoms with van der Waals surface area (Å²) in [6.45, 7) is 3.80. The van der Waals surface area contributed by atoms with Gasteiger partial charge in [-0.3, -0.25) is 4.99 Å². The first-order chi connectivity index (χ1) is 12.7. The van der Waals surface area contributed by atoms with Gasteiger partial charge in [0, 0.05) is 29.7 Å². The zero-order chi connectivity index (χ0) is 18.4. The van der Waals surface area contributed by atoms with E-state index in [0.717, 1.165) is 23.3 Å². The van der Waals surface area contributed by atoms with E-state index in [1.807, 2.05) is 12.1 Å². The second kappa shape index (κ2) is 11.2. The Morgan fingerprint density at radius 1 is 1.30 bits per heavy atom. The third kappa shape index (κ3) is 6.58. The highest BCUT2D eigenvalue weighted by molar-refractivity contribution is 14.0.